The van der Waals surface area contributed by atoms with Gasteiger partial charge in [-0.25, -0.2) is 0 Å². The minimum Gasteiger partial charge on any atom is -0.492 e. The second kappa shape index (κ2) is 7.88. The molecule has 0 spiro atoms. The SMILES string of the molecule is CC(O)C(=O)c1nn(-c2ccccc2)c(O)c1/N=N/c1[nH]nc(C(C)(C)C)c1C#N. The Bertz CT molecular complexity index is 1150. The van der Waals surface area contributed by atoms with E-state index in [1.54, 1.807) is 30.3 Å². The smallest absolute Gasteiger partial charge is 0.243 e. The highest BCUT2D eigenvalue weighted by Crippen LogP contribution is 2.36. The van der Waals surface area contributed by atoms with E-state index < -0.39 is 23.2 Å². The number of carbonyl (C=O) groups excluding carboxylic acids is 1. The first kappa shape index (κ1) is 20.9. The number of aliphatic hydroxyl groups excluding tert-OH is 1. The van der Waals surface area contributed by atoms with Gasteiger partial charge in [0.25, 0.3) is 0 Å². The number of Topliss-reactive ketones (excluding diaryl/α,β-unsaturated/α-hetero) is 1. The van der Waals surface area contributed by atoms with Crippen LogP contribution in [0.2, 0.25) is 0 Å². The highest BCUT2D eigenvalue weighted by atomic mass is 16.3. The number of nitrogens with one attached hydrogen (secondary N) is 1. The molecule has 0 fully saturated rings. The lowest BCUT2D eigenvalue weighted by atomic mass is 9.90. The van der Waals surface area contributed by atoms with Gasteiger partial charge in [0, 0.05) is 5.41 Å². The second-order valence-electron chi connectivity index (χ2n) is 7.67. The van der Waals surface area contributed by atoms with Crippen molar-refractivity contribution < 1.29 is 15.0 Å². The fourth-order valence-corrected chi connectivity index (χ4v) is 2.76. The Hall–Kier alpha value is -3.84. The van der Waals surface area contributed by atoms with Crippen LogP contribution in [0, 0.1) is 11.3 Å². The highest BCUT2D eigenvalue weighted by Gasteiger charge is 2.28. The van der Waals surface area contributed by atoms with Crippen LogP contribution in [-0.4, -0.2) is 42.1 Å². The zero-order valence-electron chi connectivity index (χ0n) is 17.0. The minimum atomic E-state index is -1.35. The molecule has 30 heavy (non-hydrogen) atoms. The number of aromatic nitrogens is 4. The van der Waals surface area contributed by atoms with Crippen molar-refractivity contribution in [1.29, 1.82) is 5.26 Å². The molecule has 0 aliphatic carbocycles. The summed E-state index contributed by atoms with van der Waals surface area (Å²) in [6, 6.07) is 10.7. The number of aliphatic hydroxyl groups is 1. The molecule has 1 atom stereocenters. The molecule has 3 N–H and O–H groups in total. The molecule has 1 unspecified atom stereocenters. The minimum absolute atomic E-state index is 0.0877. The molecular formula is C20H21N7O3. The lowest BCUT2D eigenvalue weighted by Crippen LogP contribution is -2.17. The van der Waals surface area contributed by atoms with Gasteiger partial charge >= 0.3 is 0 Å². The van der Waals surface area contributed by atoms with Crippen LogP contribution in [0.3, 0.4) is 0 Å². The molecule has 0 saturated carbocycles. The van der Waals surface area contributed by atoms with Crippen LogP contribution in [0.1, 0.15) is 49.4 Å². The van der Waals surface area contributed by atoms with E-state index in [4.69, 9.17) is 0 Å². The summed E-state index contributed by atoms with van der Waals surface area (Å²) in [5.74, 6) is -1.07. The van der Waals surface area contributed by atoms with Gasteiger partial charge in [-0.2, -0.15) is 20.1 Å². The summed E-state index contributed by atoms with van der Waals surface area (Å²) in [4.78, 5) is 12.4. The van der Waals surface area contributed by atoms with Crippen molar-refractivity contribution in [2.24, 2.45) is 10.2 Å². The molecule has 2 heterocycles. The maximum absolute atomic E-state index is 12.4. The molecule has 0 bridgehead atoms. The molecule has 0 saturated heterocycles. The number of hydrogen-bond donors (Lipinski definition) is 3. The second-order valence-corrected chi connectivity index (χ2v) is 7.67. The number of nitrogens with zero attached hydrogens (tertiary/aromatic N) is 6. The van der Waals surface area contributed by atoms with Gasteiger partial charge in [0.1, 0.15) is 17.7 Å². The fourth-order valence-electron chi connectivity index (χ4n) is 2.76. The summed E-state index contributed by atoms with van der Waals surface area (Å²) in [7, 11) is 0. The molecule has 10 nitrogen and oxygen atoms in total. The quantitative estimate of drug-likeness (QED) is 0.435. The van der Waals surface area contributed by atoms with Crippen LogP contribution >= 0.6 is 0 Å². The van der Waals surface area contributed by atoms with Crippen molar-refractivity contribution in [2.75, 3.05) is 0 Å². The van der Waals surface area contributed by atoms with Gasteiger partial charge in [0.05, 0.1) is 11.4 Å². The van der Waals surface area contributed by atoms with Crippen molar-refractivity contribution in [2.45, 2.75) is 39.2 Å². The molecule has 2 aromatic heterocycles. The van der Waals surface area contributed by atoms with Gasteiger partial charge < -0.3 is 10.2 Å². The van der Waals surface area contributed by atoms with Gasteiger partial charge in [0.2, 0.25) is 11.7 Å². The average Bonchev–Trinajstić information content (AvgIpc) is 3.27. The van der Waals surface area contributed by atoms with Crippen molar-refractivity contribution in [1.82, 2.24) is 20.0 Å². The number of aromatic amines is 1. The number of azo groups is 1. The number of nitriles is 1. The lowest BCUT2D eigenvalue weighted by molar-refractivity contribution is 0.0774. The average molecular weight is 407 g/mol. The third kappa shape index (κ3) is 3.83. The van der Waals surface area contributed by atoms with Crippen LogP contribution in [0.15, 0.2) is 40.6 Å². The van der Waals surface area contributed by atoms with E-state index >= 15 is 0 Å². The lowest BCUT2D eigenvalue weighted by Gasteiger charge is -2.14. The molecule has 0 aliphatic rings. The van der Waals surface area contributed by atoms with Gasteiger partial charge in [0.15, 0.2) is 17.2 Å². The number of aromatic hydroxyl groups is 1. The molecular weight excluding hydrogens is 386 g/mol. The third-order valence-corrected chi connectivity index (χ3v) is 4.27. The number of benzene rings is 1. The van der Waals surface area contributed by atoms with E-state index in [1.165, 1.54) is 6.92 Å². The summed E-state index contributed by atoms with van der Waals surface area (Å²) in [6.07, 6.45) is -1.35. The Balaban J connectivity index is 2.12. The number of H-pyrrole nitrogens is 1. The summed E-state index contributed by atoms with van der Waals surface area (Å²) in [5.41, 5.74) is 0.353. The van der Waals surface area contributed by atoms with E-state index in [2.05, 4.69) is 31.6 Å². The normalized spacial score (nSPS) is 12.8. The molecule has 10 heteroatoms. The van der Waals surface area contributed by atoms with Crippen LogP contribution in [0.4, 0.5) is 11.5 Å². The number of ketones is 1. The van der Waals surface area contributed by atoms with Crippen molar-refractivity contribution in [3.8, 4) is 17.6 Å². The predicted octanol–water partition coefficient (Wildman–Crippen LogP) is 3.45. The van der Waals surface area contributed by atoms with Gasteiger partial charge in [-0.3, -0.25) is 9.89 Å². The Morgan fingerprint density at radius 1 is 1.27 bits per heavy atom. The van der Waals surface area contributed by atoms with Gasteiger partial charge in [-0.1, -0.05) is 39.0 Å². The summed E-state index contributed by atoms with van der Waals surface area (Å²) < 4.78 is 1.13. The molecule has 3 aromatic rings. The zero-order valence-corrected chi connectivity index (χ0v) is 17.0. The Morgan fingerprint density at radius 2 is 1.93 bits per heavy atom. The molecule has 0 aliphatic heterocycles. The third-order valence-electron chi connectivity index (χ3n) is 4.27. The number of para-hydroxylation sites is 1. The van der Waals surface area contributed by atoms with Gasteiger partial charge in [-0.15, -0.1) is 10.2 Å². The van der Waals surface area contributed by atoms with E-state index in [1.807, 2.05) is 20.8 Å². The summed E-state index contributed by atoms with van der Waals surface area (Å²) in [6.45, 7) is 7.00. The van der Waals surface area contributed by atoms with Crippen molar-refractivity contribution in [3.63, 3.8) is 0 Å². The standard InChI is InChI=1S/C20H21N7O3/c1-11(28)16(29)14-15(19(30)27(26-14)12-8-6-5-7-9-12)22-24-18-13(10-21)17(23-25-18)20(2,3)4/h5-9,11,28,30H,1-4H3,(H,23,25)/b24-22+. The van der Waals surface area contributed by atoms with Crippen molar-refractivity contribution in [3.05, 3.63) is 47.3 Å². The molecule has 1 aromatic carbocycles. The Labute approximate surface area is 172 Å². The molecule has 0 amide bonds. The first-order valence-electron chi connectivity index (χ1n) is 9.15. The summed E-state index contributed by atoms with van der Waals surface area (Å²) >= 11 is 0. The highest BCUT2D eigenvalue weighted by molar-refractivity contribution is 6.02. The van der Waals surface area contributed by atoms with Crippen molar-refractivity contribution >= 4 is 17.3 Å². The summed E-state index contributed by atoms with van der Waals surface area (Å²) in [5, 5.41) is 48.7. The van der Waals surface area contributed by atoms with E-state index in [0.717, 1.165) is 4.68 Å². The first-order valence-corrected chi connectivity index (χ1v) is 9.15. The topological polar surface area (TPSA) is 153 Å². The molecule has 0 radical (unpaired) electrons. The zero-order chi connectivity index (χ0) is 22.1. The predicted molar refractivity (Wildman–Crippen MR) is 107 cm³/mol. The molecule has 154 valence electrons. The van der Waals surface area contributed by atoms with Crippen LogP contribution in [0.5, 0.6) is 5.88 Å². The Kier molecular flexibility index (Phi) is 5.49. The van der Waals surface area contributed by atoms with E-state index in [9.17, 15) is 20.3 Å². The monoisotopic (exact) mass is 407 g/mol. The maximum atomic E-state index is 12.4. The first-order chi connectivity index (χ1) is 14.1. The molecule has 3 rings (SSSR count). The number of hydrogen-bond acceptors (Lipinski definition) is 8. The van der Waals surface area contributed by atoms with E-state index in [0.29, 0.717) is 11.4 Å². The van der Waals surface area contributed by atoms with Gasteiger partial charge in [-0.05, 0) is 19.1 Å². The fraction of sp³-hybridized carbons (Fsp3) is 0.300. The number of rotatable bonds is 5. The van der Waals surface area contributed by atoms with E-state index in [-0.39, 0.29) is 22.8 Å². The van der Waals surface area contributed by atoms with Crippen LogP contribution < -0.4 is 0 Å². The van der Waals surface area contributed by atoms with Crippen LogP contribution in [0.25, 0.3) is 5.69 Å². The maximum Gasteiger partial charge on any atom is 0.243 e. The Morgan fingerprint density at radius 3 is 2.50 bits per heavy atom. The largest absolute Gasteiger partial charge is 0.492 e. The number of carbonyl (C=O) groups is 1. The van der Waals surface area contributed by atoms with Crippen LogP contribution in [-0.2, 0) is 5.41 Å².